The molecule has 0 aromatic heterocycles. The monoisotopic (exact) mass is 392 g/mol. The molecule has 1 unspecified atom stereocenters. The van der Waals surface area contributed by atoms with Crippen molar-refractivity contribution >= 4 is 23.9 Å². The van der Waals surface area contributed by atoms with Gasteiger partial charge in [-0.2, -0.15) is 0 Å². The fourth-order valence-corrected chi connectivity index (χ4v) is 2.21. The molecule has 1 atom stereocenters. The van der Waals surface area contributed by atoms with Crippen LogP contribution in [0.3, 0.4) is 0 Å². The molecule has 1 aromatic carbocycles. The van der Waals surface area contributed by atoms with Gasteiger partial charge in [0.2, 0.25) is 0 Å². The second kappa shape index (κ2) is 10.0. The average Bonchev–Trinajstić information content (AvgIpc) is 2.63. The summed E-state index contributed by atoms with van der Waals surface area (Å²) in [5.41, 5.74) is -1.13. The maximum atomic E-state index is 12.3. The van der Waals surface area contributed by atoms with Crippen LogP contribution < -0.4 is 0 Å². The first-order valence-corrected chi connectivity index (χ1v) is 8.01. The first kappa shape index (κ1) is 22.6. The zero-order valence-electron chi connectivity index (χ0n) is 15.1. The number of aliphatic hydroxyl groups is 1. The number of carbonyl (C=O) groups is 4. The van der Waals surface area contributed by atoms with Crippen molar-refractivity contribution in [1.29, 1.82) is 0 Å². The van der Waals surface area contributed by atoms with Crippen LogP contribution in [0.4, 0.5) is 0 Å². The molecule has 0 radical (unpaired) electrons. The zero-order valence-corrected chi connectivity index (χ0v) is 15.1. The van der Waals surface area contributed by atoms with E-state index in [0.717, 1.165) is 12.1 Å². The maximum Gasteiger partial charge on any atom is 0.338 e. The van der Waals surface area contributed by atoms with Gasteiger partial charge >= 0.3 is 23.9 Å². The number of allylic oxidation sites excluding steroid dienone is 1. The second-order valence-electron chi connectivity index (χ2n) is 5.75. The summed E-state index contributed by atoms with van der Waals surface area (Å²) in [5, 5.41) is 28.3. The van der Waals surface area contributed by atoms with Crippen molar-refractivity contribution < 1.29 is 44.0 Å². The van der Waals surface area contributed by atoms with Crippen LogP contribution in [0.2, 0.25) is 0 Å². The molecule has 0 aliphatic heterocycles. The van der Waals surface area contributed by atoms with E-state index in [1.165, 1.54) is 13.0 Å². The molecule has 150 valence electrons. The second-order valence-corrected chi connectivity index (χ2v) is 5.75. The van der Waals surface area contributed by atoms with E-state index in [4.69, 9.17) is 14.6 Å². The summed E-state index contributed by atoms with van der Waals surface area (Å²) >= 11 is 0. The van der Waals surface area contributed by atoms with Crippen molar-refractivity contribution in [1.82, 2.24) is 0 Å². The van der Waals surface area contributed by atoms with Crippen molar-refractivity contribution in [2.24, 2.45) is 0 Å². The van der Waals surface area contributed by atoms with Gasteiger partial charge in [-0.05, 0) is 31.0 Å². The van der Waals surface area contributed by atoms with Gasteiger partial charge in [-0.25, -0.2) is 19.2 Å². The Labute approximate surface area is 160 Å². The molecule has 0 saturated heterocycles. The molecule has 0 bridgehead atoms. The molecule has 9 nitrogen and oxygen atoms in total. The Morgan fingerprint density at radius 2 is 1.64 bits per heavy atom. The van der Waals surface area contributed by atoms with E-state index in [9.17, 15) is 29.4 Å². The van der Waals surface area contributed by atoms with Gasteiger partial charge in [-0.3, -0.25) is 0 Å². The van der Waals surface area contributed by atoms with Crippen molar-refractivity contribution in [2.45, 2.75) is 19.4 Å². The van der Waals surface area contributed by atoms with Crippen LogP contribution in [-0.4, -0.2) is 58.5 Å². The van der Waals surface area contributed by atoms with E-state index in [1.54, 1.807) is 0 Å². The third-order valence-electron chi connectivity index (χ3n) is 3.49. The van der Waals surface area contributed by atoms with Crippen molar-refractivity contribution in [3.05, 3.63) is 59.2 Å². The van der Waals surface area contributed by atoms with E-state index >= 15 is 0 Å². The molecule has 0 spiro atoms. The number of aliphatic hydroxyl groups excluding tert-OH is 1. The van der Waals surface area contributed by atoms with Crippen molar-refractivity contribution in [2.75, 3.05) is 13.2 Å². The highest BCUT2D eigenvalue weighted by Gasteiger charge is 2.25. The molecule has 0 fully saturated rings. The number of hydrogen-bond acceptors (Lipinski definition) is 7. The Balaban J connectivity index is 3.01. The van der Waals surface area contributed by atoms with Gasteiger partial charge in [0.15, 0.2) is 0 Å². The van der Waals surface area contributed by atoms with Crippen LogP contribution in [-0.2, 0) is 20.7 Å². The van der Waals surface area contributed by atoms with Crippen molar-refractivity contribution in [3.63, 3.8) is 0 Å². The Morgan fingerprint density at radius 1 is 1.07 bits per heavy atom. The van der Waals surface area contributed by atoms with Crippen molar-refractivity contribution in [3.8, 4) is 0 Å². The van der Waals surface area contributed by atoms with Crippen LogP contribution in [0.5, 0.6) is 0 Å². The molecule has 0 saturated carbocycles. The molecule has 0 aliphatic rings. The van der Waals surface area contributed by atoms with Crippen LogP contribution in [0.1, 0.15) is 43.6 Å². The van der Waals surface area contributed by atoms with Gasteiger partial charge in [0, 0.05) is 5.57 Å². The summed E-state index contributed by atoms with van der Waals surface area (Å²) in [5.74, 6) is -4.66. The van der Waals surface area contributed by atoms with Crippen LogP contribution in [0.25, 0.3) is 0 Å². The van der Waals surface area contributed by atoms with Gasteiger partial charge in [-0.15, -0.1) is 6.58 Å². The third kappa shape index (κ3) is 5.78. The molecule has 9 heteroatoms. The van der Waals surface area contributed by atoms with Gasteiger partial charge in [0.1, 0.15) is 19.3 Å². The molecular formula is C19H20O9. The van der Waals surface area contributed by atoms with Crippen LogP contribution in [0, 0.1) is 0 Å². The first-order valence-electron chi connectivity index (χ1n) is 8.01. The number of ether oxygens (including phenoxy) is 2. The van der Waals surface area contributed by atoms with Gasteiger partial charge in [0.05, 0.1) is 16.7 Å². The fourth-order valence-electron chi connectivity index (χ4n) is 2.21. The maximum absolute atomic E-state index is 12.3. The highest BCUT2D eigenvalue weighted by molar-refractivity contribution is 6.06. The van der Waals surface area contributed by atoms with Gasteiger partial charge in [-0.1, -0.05) is 12.7 Å². The summed E-state index contributed by atoms with van der Waals surface area (Å²) < 4.78 is 9.65. The third-order valence-corrected chi connectivity index (χ3v) is 3.49. The number of carbonyl (C=O) groups excluding carboxylic acids is 2. The molecule has 0 amide bonds. The highest BCUT2D eigenvalue weighted by Crippen LogP contribution is 2.22. The Kier molecular flexibility index (Phi) is 8.08. The molecular weight excluding hydrogens is 372 g/mol. The minimum Gasteiger partial charge on any atom is -0.478 e. The summed E-state index contributed by atoms with van der Waals surface area (Å²) in [4.78, 5) is 46.4. The molecule has 1 rings (SSSR count). The van der Waals surface area contributed by atoms with Crippen LogP contribution >= 0.6 is 0 Å². The lowest BCUT2D eigenvalue weighted by Crippen LogP contribution is -2.26. The first-order chi connectivity index (χ1) is 13.1. The summed E-state index contributed by atoms with van der Waals surface area (Å²) in [6.07, 6.45) is -0.0884. The number of hydrogen-bond donors (Lipinski definition) is 3. The minimum atomic E-state index is -1.52. The predicted molar refractivity (Wildman–Crippen MR) is 96.3 cm³/mol. The standard InChI is InChI=1S/C19H20O9/c1-4-5-12-13(6-7-14(16(21)22)15(12)17(23)24)19(26)28-9-11(20)8-27-18(25)10(2)3/h4,6-7,11,20H,1-2,5,8-9H2,3H3,(H,21,22)(H,23,24). The lowest BCUT2D eigenvalue weighted by molar-refractivity contribution is -0.142. The average molecular weight is 392 g/mol. The summed E-state index contributed by atoms with van der Waals surface area (Å²) in [6, 6.07) is 2.12. The number of aromatic carboxylic acids is 2. The fraction of sp³-hybridized carbons (Fsp3) is 0.263. The predicted octanol–water partition coefficient (Wildman–Crippen LogP) is 1.45. The molecule has 0 aliphatic carbocycles. The summed E-state index contributed by atoms with van der Waals surface area (Å²) in [7, 11) is 0. The lowest BCUT2D eigenvalue weighted by Gasteiger charge is -2.15. The molecule has 1 aromatic rings. The Morgan fingerprint density at radius 3 is 2.14 bits per heavy atom. The summed E-state index contributed by atoms with van der Waals surface area (Å²) in [6.45, 7) is 7.31. The zero-order chi connectivity index (χ0) is 21.4. The Hall–Kier alpha value is -3.46. The number of benzene rings is 1. The quantitative estimate of drug-likeness (QED) is 0.306. The van der Waals surface area contributed by atoms with Gasteiger partial charge in [0.25, 0.3) is 0 Å². The van der Waals surface area contributed by atoms with E-state index in [1.807, 2.05) is 0 Å². The Bertz CT molecular complexity index is 823. The van der Waals surface area contributed by atoms with E-state index in [2.05, 4.69) is 13.2 Å². The number of carboxylic acid groups (broad SMARTS) is 2. The smallest absolute Gasteiger partial charge is 0.338 e. The molecule has 3 N–H and O–H groups in total. The number of carboxylic acids is 2. The number of rotatable bonds is 10. The normalized spacial score (nSPS) is 11.2. The molecule has 0 heterocycles. The largest absolute Gasteiger partial charge is 0.478 e. The van der Waals surface area contributed by atoms with E-state index < -0.39 is 54.3 Å². The lowest BCUT2D eigenvalue weighted by atomic mass is 9.93. The SMILES string of the molecule is C=CCc1c(C(=O)OCC(O)COC(=O)C(=C)C)ccc(C(=O)O)c1C(=O)O. The van der Waals surface area contributed by atoms with Crippen LogP contribution in [0.15, 0.2) is 36.9 Å². The molecule has 28 heavy (non-hydrogen) atoms. The van der Waals surface area contributed by atoms with Gasteiger partial charge < -0.3 is 24.8 Å². The highest BCUT2D eigenvalue weighted by atomic mass is 16.6. The minimum absolute atomic E-state index is 0.0735. The van der Waals surface area contributed by atoms with E-state index in [-0.39, 0.29) is 23.1 Å². The topological polar surface area (TPSA) is 147 Å². The van der Waals surface area contributed by atoms with E-state index in [0.29, 0.717) is 0 Å². The number of esters is 2.